The number of benzene rings is 2. The van der Waals surface area contributed by atoms with Crippen LogP contribution in [-0.4, -0.2) is 17.6 Å². The fraction of sp³-hybridized carbons (Fsp3) is 0.158. The van der Waals surface area contributed by atoms with Gasteiger partial charge in [0.2, 0.25) is 5.76 Å². The molecule has 5 heteroatoms. The van der Waals surface area contributed by atoms with Gasteiger partial charge in [0.1, 0.15) is 6.61 Å². The number of para-hydroxylation sites is 1. The standard InChI is InChI=1S/C19H18N2O3/c1-2-21(16-11-7-4-8-12-16)19(22)17-13-18(20-24-17)23-14-15-9-5-3-6-10-15/h3-13H,2,14H2,1H3. The molecule has 1 heterocycles. The van der Waals surface area contributed by atoms with Crippen molar-refractivity contribution < 1.29 is 14.1 Å². The van der Waals surface area contributed by atoms with Gasteiger partial charge in [-0.3, -0.25) is 4.79 Å². The normalized spacial score (nSPS) is 10.4. The fourth-order valence-electron chi connectivity index (χ4n) is 2.34. The summed E-state index contributed by atoms with van der Waals surface area (Å²) in [4.78, 5) is 14.2. The number of aromatic nitrogens is 1. The third-order valence-electron chi connectivity index (χ3n) is 3.56. The Labute approximate surface area is 140 Å². The number of hydrogen-bond donors (Lipinski definition) is 0. The average Bonchev–Trinajstić information content (AvgIpc) is 3.11. The lowest BCUT2D eigenvalue weighted by atomic mass is 10.2. The van der Waals surface area contributed by atoms with E-state index in [-0.39, 0.29) is 11.7 Å². The molecule has 3 aromatic rings. The topological polar surface area (TPSA) is 55.6 Å². The van der Waals surface area contributed by atoms with Crippen molar-refractivity contribution in [2.75, 3.05) is 11.4 Å². The molecular weight excluding hydrogens is 304 g/mol. The van der Waals surface area contributed by atoms with Crippen molar-refractivity contribution in [2.45, 2.75) is 13.5 Å². The molecule has 24 heavy (non-hydrogen) atoms. The third-order valence-corrected chi connectivity index (χ3v) is 3.56. The van der Waals surface area contributed by atoms with E-state index in [1.165, 1.54) is 6.07 Å². The SMILES string of the molecule is CCN(C(=O)c1cc(OCc2ccccc2)no1)c1ccccc1. The summed E-state index contributed by atoms with van der Waals surface area (Å²) in [5.41, 5.74) is 1.83. The molecule has 0 saturated heterocycles. The lowest BCUT2D eigenvalue weighted by molar-refractivity contribution is 0.0952. The van der Waals surface area contributed by atoms with Gasteiger partial charge in [0.25, 0.3) is 11.8 Å². The van der Waals surface area contributed by atoms with Crippen molar-refractivity contribution in [1.82, 2.24) is 5.16 Å². The number of amides is 1. The summed E-state index contributed by atoms with van der Waals surface area (Å²) < 4.78 is 10.7. The lowest BCUT2D eigenvalue weighted by Crippen LogP contribution is -2.30. The Morgan fingerprint density at radius 3 is 2.42 bits per heavy atom. The van der Waals surface area contributed by atoms with Crippen LogP contribution in [0.3, 0.4) is 0 Å². The Morgan fingerprint density at radius 2 is 1.75 bits per heavy atom. The number of anilines is 1. The zero-order valence-electron chi connectivity index (χ0n) is 13.4. The summed E-state index contributed by atoms with van der Waals surface area (Å²) >= 11 is 0. The minimum Gasteiger partial charge on any atom is -0.471 e. The Morgan fingerprint density at radius 1 is 1.08 bits per heavy atom. The lowest BCUT2D eigenvalue weighted by Gasteiger charge is -2.19. The molecule has 0 atom stereocenters. The zero-order chi connectivity index (χ0) is 16.8. The van der Waals surface area contributed by atoms with Gasteiger partial charge in [-0.2, -0.15) is 0 Å². The van der Waals surface area contributed by atoms with Crippen LogP contribution in [0, 0.1) is 0 Å². The maximum Gasteiger partial charge on any atom is 0.297 e. The maximum atomic E-state index is 12.6. The molecule has 0 spiro atoms. The molecule has 0 aliphatic carbocycles. The second kappa shape index (κ2) is 7.46. The first-order valence-electron chi connectivity index (χ1n) is 7.78. The molecule has 0 N–H and O–H groups in total. The van der Waals surface area contributed by atoms with Gasteiger partial charge in [0.15, 0.2) is 0 Å². The quantitative estimate of drug-likeness (QED) is 0.690. The van der Waals surface area contributed by atoms with E-state index >= 15 is 0 Å². The predicted octanol–water partition coefficient (Wildman–Crippen LogP) is 3.92. The van der Waals surface area contributed by atoms with Crippen LogP contribution in [0.25, 0.3) is 0 Å². The van der Waals surface area contributed by atoms with Gasteiger partial charge in [-0.1, -0.05) is 48.5 Å². The first-order chi connectivity index (χ1) is 11.8. The molecule has 0 saturated carbocycles. The molecule has 0 fully saturated rings. The van der Waals surface area contributed by atoms with Crippen LogP contribution in [0.15, 0.2) is 71.3 Å². The van der Waals surface area contributed by atoms with Gasteiger partial charge in [-0.05, 0) is 29.8 Å². The van der Waals surface area contributed by atoms with E-state index in [2.05, 4.69) is 5.16 Å². The summed E-state index contributed by atoms with van der Waals surface area (Å²) in [6.45, 7) is 2.81. The van der Waals surface area contributed by atoms with Gasteiger partial charge in [-0.15, -0.1) is 0 Å². The van der Waals surface area contributed by atoms with E-state index in [4.69, 9.17) is 9.26 Å². The van der Waals surface area contributed by atoms with Gasteiger partial charge < -0.3 is 14.2 Å². The van der Waals surface area contributed by atoms with Crippen LogP contribution in [0.5, 0.6) is 5.88 Å². The largest absolute Gasteiger partial charge is 0.471 e. The molecule has 1 aromatic heterocycles. The first-order valence-corrected chi connectivity index (χ1v) is 7.78. The molecule has 3 rings (SSSR count). The van der Waals surface area contributed by atoms with Crippen LogP contribution in [0.2, 0.25) is 0 Å². The van der Waals surface area contributed by atoms with E-state index in [1.807, 2.05) is 67.6 Å². The highest BCUT2D eigenvalue weighted by Crippen LogP contribution is 2.19. The molecule has 0 unspecified atom stereocenters. The van der Waals surface area contributed by atoms with Gasteiger partial charge in [0, 0.05) is 12.2 Å². The Balaban J connectivity index is 1.69. The van der Waals surface area contributed by atoms with E-state index in [9.17, 15) is 4.79 Å². The van der Waals surface area contributed by atoms with Crippen LogP contribution in [-0.2, 0) is 6.61 Å². The molecule has 2 aromatic carbocycles. The highest BCUT2D eigenvalue weighted by molar-refractivity contribution is 6.04. The van der Waals surface area contributed by atoms with E-state index in [1.54, 1.807) is 4.90 Å². The highest BCUT2D eigenvalue weighted by atomic mass is 16.5. The van der Waals surface area contributed by atoms with E-state index in [0.717, 1.165) is 11.3 Å². The summed E-state index contributed by atoms with van der Waals surface area (Å²) in [6.07, 6.45) is 0. The van der Waals surface area contributed by atoms with Crippen LogP contribution >= 0.6 is 0 Å². The predicted molar refractivity (Wildman–Crippen MR) is 91.1 cm³/mol. The number of rotatable bonds is 6. The Bertz CT molecular complexity index is 785. The maximum absolute atomic E-state index is 12.6. The summed E-state index contributed by atoms with van der Waals surface area (Å²) in [5, 5.41) is 3.82. The van der Waals surface area contributed by atoms with Crippen molar-refractivity contribution in [3.05, 3.63) is 78.1 Å². The van der Waals surface area contributed by atoms with Crippen LogP contribution < -0.4 is 9.64 Å². The molecule has 122 valence electrons. The van der Waals surface area contributed by atoms with Gasteiger partial charge >= 0.3 is 0 Å². The monoisotopic (exact) mass is 322 g/mol. The minimum atomic E-state index is -0.245. The molecule has 0 aliphatic heterocycles. The summed E-state index contributed by atoms with van der Waals surface area (Å²) in [7, 11) is 0. The number of ether oxygens (including phenoxy) is 1. The smallest absolute Gasteiger partial charge is 0.297 e. The van der Waals surface area contributed by atoms with E-state index < -0.39 is 0 Å². The third kappa shape index (κ3) is 3.63. The van der Waals surface area contributed by atoms with Crippen molar-refractivity contribution in [2.24, 2.45) is 0 Å². The number of hydrogen-bond acceptors (Lipinski definition) is 4. The van der Waals surface area contributed by atoms with Crippen LogP contribution in [0.4, 0.5) is 5.69 Å². The second-order valence-electron chi connectivity index (χ2n) is 5.19. The molecule has 0 radical (unpaired) electrons. The minimum absolute atomic E-state index is 0.156. The number of carbonyl (C=O) groups excluding carboxylic acids is 1. The second-order valence-corrected chi connectivity index (χ2v) is 5.19. The van der Waals surface area contributed by atoms with Crippen molar-refractivity contribution in [1.29, 1.82) is 0 Å². The van der Waals surface area contributed by atoms with Gasteiger partial charge in [-0.25, -0.2) is 0 Å². The Hall–Kier alpha value is -3.08. The number of nitrogens with zero attached hydrogens (tertiary/aromatic N) is 2. The summed E-state index contributed by atoms with van der Waals surface area (Å²) in [6, 6.07) is 20.7. The molecule has 0 aliphatic rings. The zero-order valence-corrected chi connectivity index (χ0v) is 13.4. The van der Waals surface area contributed by atoms with Gasteiger partial charge in [0.05, 0.1) is 6.07 Å². The molecule has 0 bridgehead atoms. The molecule has 1 amide bonds. The highest BCUT2D eigenvalue weighted by Gasteiger charge is 2.21. The summed E-state index contributed by atoms with van der Waals surface area (Å²) in [5.74, 6) is 0.209. The van der Waals surface area contributed by atoms with Crippen molar-refractivity contribution >= 4 is 11.6 Å². The molecule has 5 nitrogen and oxygen atoms in total. The first kappa shape index (κ1) is 15.8. The average molecular weight is 322 g/mol. The number of carbonyl (C=O) groups is 1. The van der Waals surface area contributed by atoms with Crippen molar-refractivity contribution in [3.63, 3.8) is 0 Å². The Kier molecular flexibility index (Phi) is 4.91. The molecular formula is C19H18N2O3. The van der Waals surface area contributed by atoms with Crippen molar-refractivity contribution in [3.8, 4) is 5.88 Å². The van der Waals surface area contributed by atoms with Crippen LogP contribution in [0.1, 0.15) is 23.0 Å². The fourth-order valence-corrected chi connectivity index (χ4v) is 2.34. The van der Waals surface area contributed by atoms with E-state index in [0.29, 0.717) is 19.0 Å².